The summed E-state index contributed by atoms with van der Waals surface area (Å²) in [6.45, 7) is 1.84. The Labute approximate surface area is 204 Å². The Morgan fingerprint density at radius 3 is 2.53 bits per heavy atom. The van der Waals surface area contributed by atoms with Crippen LogP contribution in [0.15, 0.2) is 85.4 Å². The van der Waals surface area contributed by atoms with Gasteiger partial charge < -0.3 is 18.3 Å². The van der Waals surface area contributed by atoms with E-state index in [4.69, 9.17) is 18.3 Å². The fraction of sp³-hybridized carbons (Fsp3) is 0.138. The Bertz CT molecular complexity index is 1800. The van der Waals surface area contributed by atoms with Crippen molar-refractivity contribution in [3.8, 4) is 22.6 Å². The molecule has 3 aromatic carbocycles. The van der Waals surface area contributed by atoms with E-state index in [1.807, 2.05) is 37.3 Å². The maximum atomic E-state index is 13.6. The van der Waals surface area contributed by atoms with Gasteiger partial charge in [0.05, 0.1) is 30.6 Å². The van der Waals surface area contributed by atoms with Crippen molar-refractivity contribution in [1.82, 2.24) is 0 Å². The number of benzene rings is 3. The van der Waals surface area contributed by atoms with Crippen LogP contribution in [0.3, 0.4) is 0 Å². The highest BCUT2D eigenvalue weighted by atomic mass is 16.5. The first-order chi connectivity index (χ1) is 17.4. The molecule has 0 bridgehead atoms. The predicted molar refractivity (Wildman–Crippen MR) is 134 cm³/mol. The summed E-state index contributed by atoms with van der Waals surface area (Å²) in [5, 5.41) is 0.869. The molecule has 0 fully saturated rings. The molecule has 0 aliphatic carbocycles. The van der Waals surface area contributed by atoms with Gasteiger partial charge in [-0.25, -0.2) is 4.79 Å². The third kappa shape index (κ3) is 3.40. The molecule has 0 saturated carbocycles. The number of carbonyl (C=O) groups excluding carboxylic acids is 1. The van der Waals surface area contributed by atoms with E-state index in [9.17, 15) is 14.4 Å². The van der Waals surface area contributed by atoms with Gasteiger partial charge in [0.25, 0.3) is 0 Å². The van der Waals surface area contributed by atoms with Gasteiger partial charge in [0, 0.05) is 28.7 Å². The molecule has 1 atom stereocenters. The summed E-state index contributed by atoms with van der Waals surface area (Å²) in [6.07, 6.45) is 1.38. The van der Waals surface area contributed by atoms with Crippen LogP contribution in [0.1, 0.15) is 29.0 Å². The smallest absolute Gasteiger partial charge is 0.336 e. The minimum atomic E-state index is -0.604. The molecule has 0 spiro atoms. The second-order valence-electron chi connectivity index (χ2n) is 8.77. The zero-order valence-electron chi connectivity index (χ0n) is 19.5. The van der Waals surface area contributed by atoms with E-state index in [2.05, 4.69) is 0 Å². The largest absolute Gasteiger partial charge is 0.497 e. The Hall–Kier alpha value is -4.65. The summed E-state index contributed by atoms with van der Waals surface area (Å²) in [7, 11) is 1.52. The van der Waals surface area contributed by atoms with Gasteiger partial charge in [-0.3, -0.25) is 9.59 Å². The first-order valence-corrected chi connectivity index (χ1v) is 11.4. The molecular weight excluding hydrogens is 460 g/mol. The lowest BCUT2D eigenvalue weighted by molar-refractivity contribution is -0.135. The number of aryl methyl sites for hydroxylation is 1. The maximum absolute atomic E-state index is 13.6. The number of hydrogen-bond acceptors (Lipinski definition) is 7. The third-order valence-electron chi connectivity index (χ3n) is 6.63. The van der Waals surface area contributed by atoms with E-state index in [-0.39, 0.29) is 11.8 Å². The molecule has 6 rings (SSSR count). The van der Waals surface area contributed by atoms with Crippen LogP contribution in [0.5, 0.6) is 11.5 Å². The monoisotopic (exact) mass is 480 g/mol. The van der Waals surface area contributed by atoms with Crippen LogP contribution in [0, 0.1) is 6.92 Å². The summed E-state index contributed by atoms with van der Waals surface area (Å²) in [5.41, 5.74) is 3.09. The number of methoxy groups -OCH3 is 1. The Morgan fingerprint density at radius 1 is 0.944 bits per heavy atom. The minimum absolute atomic E-state index is 0.0307. The molecule has 0 radical (unpaired) electrons. The first kappa shape index (κ1) is 21.9. The van der Waals surface area contributed by atoms with Crippen molar-refractivity contribution in [1.29, 1.82) is 0 Å². The van der Waals surface area contributed by atoms with Gasteiger partial charge in [0.1, 0.15) is 22.7 Å². The van der Waals surface area contributed by atoms with Crippen molar-refractivity contribution < 1.29 is 23.1 Å². The van der Waals surface area contributed by atoms with Gasteiger partial charge >= 0.3 is 11.6 Å². The van der Waals surface area contributed by atoms with Crippen LogP contribution >= 0.6 is 0 Å². The lowest BCUT2D eigenvalue weighted by atomic mass is 9.82. The number of carbonyl (C=O) groups is 1. The van der Waals surface area contributed by atoms with Crippen LogP contribution in [0.25, 0.3) is 33.1 Å². The van der Waals surface area contributed by atoms with Gasteiger partial charge in [0.2, 0.25) is 0 Å². The maximum Gasteiger partial charge on any atom is 0.336 e. The van der Waals surface area contributed by atoms with Crippen LogP contribution in [-0.2, 0) is 4.79 Å². The highest BCUT2D eigenvalue weighted by Crippen LogP contribution is 2.46. The van der Waals surface area contributed by atoms with E-state index in [1.165, 1.54) is 19.4 Å². The number of rotatable bonds is 3. The van der Waals surface area contributed by atoms with E-state index >= 15 is 0 Å². The van der Waals surface area contributed by atoms with Crippen LogP contribution < -0.4 is 20.5 Å². The Kier molecular flexibility index (Phi) is 5.00. The summed E-state index contributed by atoms with van der Waals surface area (Å²) < 4.78 is 22.4. The quantitative estimate of drug-likeness (QED) is 0.196. The van der Waals surface area contributed by atoms with Crippen molar-refractivity contribution >= 4 is 27.9 Å². The standard InChI is InChI=1S/C29H20O7/c1-15-10-23-27(18(12-24(30)35-23)16-6-4-3-5-7-16)29-26(15)19(13-25(31)36-29)21-14-34-22-9-8-17(33-2)11-20(22)28(21)32/h3-12,14,19H,13H2,1-2H3. The lowest BCUT2D eigenvalue weighted by Crippen LogP contribution is -2.26. The van der Waals surface area contributed by atoms with Crippen LogP contribution in [-0.4, -0.2) is 13.1 Å². The summed E-state index contributed by atoms with van der Waals surface area (Å²) in [5.74, 6) is -0.276. The van der Waals surface area contributed by atoms with Crippen molar-refractivity contribution in [3.63, 3.8) is 0 Å². The van der Waals surface area contributed by atoms with Crippen molar-refractivity contribution in [2.45, 2.75) is 19.3 Å². The fourth-order valence-corrected chi connectivity index (χ4v) is 5.00. The predicted octanol–water partition coefficient (Wildman–Crippen LogP) is 5.32. The summed E-state index contributed by atoms with van der Waals surface area (Å²) in [4.78, 5) is 38.9. The molecule has 0 N–H and O–H groups in total. The van der Waals surface area contributed by atoms with E-state index in [0.717, 1.165) is 11.1 Å². The fourth-order valence-electron chi connectivity index (χ4n) is 5.00. The SMILES string of the molecule is COc1ccc2occ(C3CC(=O)Oc4c3c(C)cc3oc(=O)cc(-c5ccccc5)c43)c(=O)c2c1. The molecule has 36 heavy (non-hydrogen) atoms. The van der Waals surface area contributed by atoms with Crippen LogP contribution in [0.2, 0.25) is 0 Å². The molecule has 7 nitrogen and oxygen atoms in total. The van der Waals surface area contributed by atoms with Crippen molar-refractivity contribution in [2.24, 2.45) is 0 Å². The molecule has 0 amide bonds. The Balaban J connectivity index is 1.66. The van der Waals surface area contributed by atoms with E-state index in [1.54, 1.807) is 24.3 Å². The minimum Gasteiger partial charge on any atom is -0.497 e. The van der Waals surface area contributed by atoms with Gasteiger partial charge in [0.15, 0.2) is 5.43 Å². The number of hydrogen-bond donors (Lipinski definition) is 0. The number of fused-ring (bicyclic) bond motifs is 4. The van der Waals surface area contributed by atoms with Gasteiger partial charge in [-0.1, -0.05) is 30.3 Å². The van der Waals surface area contributed by atoms with E-state index < -0.39 is 17.5 Å². The topological polar surface area (TPSA) is 95.9 Å². The molecule has 178 valence electrons. The normalized spacial score (nSPS) is 15.1. The summed E-state index contributed by atoms with van der Waals surface area (Å²) in [6, 6.07) is 17.5. The molecular formula is C29H20O7. The molecule has 1 unspecified atom stereocenters. The third-order valence-corrected chi connectivity index (χ3v) is 6.63. The lowest BCUT2D eigenvalue weighted by Gasteiger charge is -2.27. The van der Waals surface area contributed by atoms with Gasteiger partial charge in [-0.2, -0.15) is 0 Å². The summed E-state index contributed by atoms with van der Waals surface area (Å²) >= 11 is 0. The van der Waals surface area contributed by atoms with Gasteiger partial charge in [-0.05, 0) is 42.3 Å². The second kappa shape index (κ2) is 8.23. The zero-order valence-corrected chi connectivity index (χ0v) is 19.5. The highest BCUT2D eigenvalue weighted by molar-refractivity contribution is 6.01. The molecule has 0 saturated heterocycles. The van der Waals surface area contributed by atoms with Gasteiger partial charge in [-0.15, -0.1) is 0 Å². The number of esters is 1. The molecule has 5 aromatic rings. The average Bonchev–Trinajstić information content (AvgIpc) is 2.88. The molecule has 1 aliphatic heterocycles. The Morgan fingerprint density at radius 2 is 1.75 bits per heavy atom. The molecule has 1 aliphatic rings. The first-order valence-electron chi connectivity index (χ1n) is 11.4. The second-order valence-corrected chi connectivity index (χ2v) is 8.77. The van der Waals surface area contributed by atoms with Crippen LogP contribution in [0.4, 0.5) is 0 Å². The molecule has 3 heterocycles. The van der Waals surface area contributed by atoms with E-state index in [0.29, 0.717) is 50.1 Å². The molecule has 7 heteroatoms. The highest BCUT2D eigenvalue weighted by Gasteiger charge is 2.35. The average molecular weight is 480 g/mol. The van der Waals surface area contributed by atoms with Crippen molar-refractivity contribution in [3.05, 3.63) is 104 Å². The zero-order chi connectivity index (χ0) is 25.0. The molecule has 2 aromatic heterocycles. The number of ether oxygens (including phenoxy) is 2. The van der Waals surface area contributed by atoms with Crippen molar-refractivity contribution in [2.75, 3.05) is 7.11 Å².